The lowest BCUT2D eigenvalue weighted by molar-refractivity contribution is -0.0129. The number of piperidine rings is 1. The fourth-order valence-electron chi connectivity index (χ4n) is 3.71. The summed E-state index contributed by atoms with van der Waals surface area (Å²) >= 11 is 0. The predicted octanol–water partition coefficient (Wildman–Crippen LogP) is 4.04. The van der Waals surface area contributed by atoms with E-state index in [9.17, 15) is 5.11 Å². The van der Waals surface area contributed by atoms with Gasteiger partial charge in [0.15, 0.2) is 0 Å². The van der Waals surface area contributed by atoms with Crippen molar-refractivity contribution in [3.63, 3.8) is 0 Å². The molecule has 2 rings (SSSR count). The van der Waals surface area contributed by atoms with Gasteiger partial charge >= 0.3 is 0 Å². The van der Waals surface area contributed by atoms with Crippen LogP contribution in [-0.2, 0) is 6.42 Å². The van der Waals surface area contributed by atoms with Crippen molar-refractivity contribution in [2.24, 2.45) is 11.8 Å². The molecule has 1 aliphatic rings. The first-order chi connectivity index (χ1) is 9.93. The fourth-order valence-corrected chi connectivity index (χ4v) is 3.71. The van der Waals surface area contributed by atoms with E-state index in [-0.39, 0.29) is 6.04 Å². The Bertz CT molecular complexity index is 441. The molecule has 1 heterocycles. The molecular formula is C19H31NO. The number of nitrogens with zero attached hydrogens (tertiary/aromatic N) is 1. The quantitative estimate of drug-likeness (QED) is 0.904. The molecule has 0 saturated carbocycles. The van der Waals surface area contributed by atoms with E-state index in [2.05, 4.69) is 63.8 Å². The Labute approximate surface area is 130 Å². The van der Waals surface area contributed by atoms with E-state index in [4.69, 9.17) is 0 Å². The molecule has 5 unspecified atom stereocenters. The third kappa shape index (κ3) is 3.67. The summed E-state index contributed by atoms with van der Waals surface area (Å²) < 4.78 is 0. The fraction of sp³-hybridized carbons (Fsp3) is 0.684. The highest BCUT2D eigenvalue weighted by Gasteiger charge is 2.34. The van der Waals surface area contributed by atoms with Crippen LogP contribution < -0.4 is 0 Å². The maximum atomic E-state index is 10.8. The van der Waals surface area contributed by atoms with Crippen molar-refractivity contribution in [1.82, 2.24) is 4.90 Å². The lowest BCUT2D eigenvalue weighted by atomic mass is 9.84. The predicted molar refractivity (Wildman–Crippen MR) is 89.4 cm³/mol. The molecule has 0 aromatic heterocycles. The van der Waals surface area contributed by atoms with Gasteiger partial charge in [-0.25, -0.2) is 0 Å². The van der Waals surface area contributed by atoms with Gasteiger partial charge in [-0.15, -0.1) is 0 Å². The van der Waals surface area contributed by atoms with E-state index in [1.165, 1.54) is 12.0 Å². The minimum Gasteiger partial charge on any atom is -0.387 e. The average molecular weight is 289 g/mol. The second-order valence-electron chi connectivity index (χ2n) is 7.04. The van der Waals surface area contributed by atoms with Gasteiger partial charge in [-0.1, -0.05) is 45.0 Å². The summed E-state index contributed by atoms with van der Waals surface area (Å²) in [5.41, 5.74) is 2.37. The summed E-state index contributed by atoms with van der Waals surface area (Å²) in [5, 5.41) is 10.8. The number of rotatable bonds is 4. The van der Waals surface area contributed by atoms with Crippen LogP contribution in [0.1, 0.15) is 58.3 Å². The molecule has 1 N–H and O–H groups in total. The lowest BCUT2D eigenvalue weighted by Crippen LogP contribution is -2.51. The topological polar surface area (TPSA) is 23.5 Å². The number of benzene rings is 1. The van der Waals surface area contributed by atoms with Crippen molar-refractivity contribution < 1.29 is 5.11 Å². The van der Waals surface area contributed by atoms with E-state index in [1.807, 2.05) is 0 Å². The summed E-state index contributed by atoms with van der Waals surface area (Å²) in [6.45, 7) is 12.4. The van der Waals surface area contributed by atoms with Gasteiger partial charge in [-0.3, -0.25) is 4.90 Å². The molecule has 0 aliphatic carbocycles. The van der Waals surface area contributed by atoms with Crippen molar-refractivity contribution in [2.45, 2.75) is 65.6 Å². The molecule has 2 nitrogen and oxygen atoms in total. The van der Waals surface area contributed by atoms with E-state index in [0.29, 0.717) is 17.9 Å². The van der Waals surface area contributed by atoms with Gasteiger partial charge in [0.2, 0.25) is 0 Å². The molecule has 21 heavy (non-hydrogen) atoms. The highest BCUT2D eigenvalue weighted by molar-refractivity contribution is 5.25. The van der Waals surface area contributed by atoms with Crippen LogP contribution in [0, 0.1) is 11.8 Å². The molecule has 0 spiro atoms. The minimum atomic E-state index is -0.407. The number of aliphatic hydroxyl groups is 1. The summed E-state index contributed by atoms with van der Waals surface area (Å²) in [7, 11) is 0. The number of aliphatic hydroxyl groups excluding tert-OH is 1. The smallest absolute Gasteiger partial charge is 0.0942 e. The van der Waals surface area contributed by atoms with Crippen LogP contribution in [-0.4, -0.2) is 28.6 Å². The summed E-state index contributed by atoms with van der Waals surface area (Å²) in [6.07, 6.45) is 1.94. The van der Waals surface area contributed by atoms with Crippen LogP contribution >= 0.6 is 0 Å². The van der Waals surface area contributed by atoms with Crippen LogP contribution in [0.25, 0.3) is 0 Å². The first-order valence-corrected chi connectivity index (χ1v) is 8.46. The third-order valence-corrected chi connectivity index (χ3v) is 5.35. The highest BCUT2D eigenvalue weighted by atomic mass is 16.3. The molecule has 5 atom stereocenters. The first kappa shape index (κ1) is 16.5. The zero-order valence-electron chi connectivity index (χ0n) is 14.2. The van der Waals surface area contributed by atoms with Gasteiger partial charge in [-0.05, 0) is 49.7 Å². The SMILES string of the molecule is CCc1ccc(C(O)C(C)N2CC(C)CC(C)C2C)cc1. The van der Waals surface area contributed by atoms with Crippen LogP contribution in [0.5, 0.6) is 0 Å². The molecule has 0 bridgehead atoms. The number of likely N-dealkylation sites (tertiary alicyclic amines) is 1. The highest BCUT2D eigenvalue weighted by Crippen LogP contribution is 2.32. The van der Waals surface area contributed by atoms with Crippen LogP contribution in [0.2, 0.25) is 0 Å². The monoisotopic (exact) mass is 289 g/mol. The van der Waals surface area contributed by atoms with E-state index in [0.717, 1.165) is 18.5 Å². The second-order valence-corrected chi connectivity index (χ2v) is 7.04. The molecule has 2 heteroatoms. The second kappa shape index (κ2) is 6.93. The average Bonchev–Trinajstić information content (AvgIpc) is 2.49. The molecule has 0 amide bonds. The number of hydrogen-bond acceptors (Lipinski definition) is 2. The van der Waals surface area contributed by atoms with Gasteiger partial charge in [0.25, 0.3) is 0 Å². The Balaban J connectivity index is 2.11. The van der Waals surface area contributed by atoms with Gasteiger partial charge in [0.1, 0.15) is 0 Å². The largest absolute Gasteiger partial charge is 0.387 e. The zero-order valence-corrected chi connectivity index (χ0v) is 14.2. The van der Waals surface area contributed by atoms with Crippen molar-refractivity contribution in [2.75, 3.05) is 6.54 Å². The Morgan fingerprint density at radius 1 is 1.19 bits per heavy atom. The van der Waals surface area contributed by atoms with Crippen molar-refractivity contribution >= 4 is 0 Å². The molecule has 1 saturated heterocycles. The standard InChI is InChI=1S/C19H31NO/c1-6-17-7-9-18(10-8-17)19(21)16(5)20-12-13(2)11-14(3)15(20)4/h7-10,13-16,19,21H,6,11-12H2,1-5H3. The number of aryl methyl sites for hydroxylation is 1. The van der Waals surface area contributed by atoms with Gasteiger partial charge in [0.05, 0.1) is 6.10 Å². The van der Waals surface area contributed by atoms with Gasteiger partial charge in [0, 0.05) is 18.6 Å². The first-order valence-electron chi connectivity index (χ1n) is 8.46. The van der Waals surface area contributed by atoms with Crippen LogP contribution in [0.4, 0.5) is 0 Å². The Morgan fingerprint density at radius 3 is 2.38 bits per heavy atom. The normalized spacial score (nSPS) is 30.1. The van der Waals surface area contributed by atoms with E-state index >= 15 is 0 Å². The third-order valence-electron chi connectivity index (χ3n) is 5.35. The summed E-state index contributed by atoms with van der Waals surface area (Å²) in [4.78, 5) is 2.50. The maximum absolute atomic E-state index is 10.8. The molecule has 118 valence electrons. The lowest BCUT2D eigenvalue weighted by Gasteiger charge is -2.45. The number of hydrogen-bond donors (Lipinski definition) is 1. The zero-order chi connectivity index (χ0) is 15.6. The van der Waals surface area contributed by atoms with Crippen molar-refractivity contribution in [1.29, 1.82) is 0 Å². The molecular weight excluding hydrogens is 258 g/mol. The van der Waals surface area contributed by atoms with Gasteiger partial charge < -0.3 is 5.11 Å². The summed E-state index contributed by atoms with van der Waals surface area (Å²) in [6, 6.07) is 9.15. The molecule has 1 aliphatic heterocycles. The van der Waals surface area contributed by atoms with Crippen molar-refractivity contribution in [3.8, 4) is 0 Å². The molecule has 1 fully saturated rings. The maximum Gasteiger partial charge on any atom is 0.0942 e. The molecule has 0 radical (unpaired) electrons. The van der Waals surface area contributed by atoms with Gasteiger partial charge in [-0.2, -0.15) is 0 Å². The van der Waals surface area contributed by atoms with E-state index in [1.54, 1.807) is 0 Å². The molecule has 1 aromatic carbocycles. The molecule has 1 aromatic rings. The van der Waals surface area contributed by atoms with Crippen molar-refractivity contribution in [3.05, 3.63) is 35.4 Å². The van der Waals surface area contributed by atoms with Crippen LogP contribution in [0.15, 0.2) is 24.3 Å². The minimum absolute atomic E-state index is 0.165. The Hall–Kier alpha value is -0.860. The van der Waals surface area contributed by atoms with E-state index < -0.39 is 6.10 Å². The Morgan fingerprint density at radius 2 is 1.81 bits per heavy atom. The summed E-state index contributed by atoms with van der Waals surface area (Å²) in [5.74, 6) is 1.42. The van der Waals surface area contributed by atoms with Crippen LogP contribution in [0.3, 0.4) is 0 Å². The Kier molecular flexibility index (Phi) is 5.45.